The molecule has 0 aliphatic carbocycles. The van der Waals surface area contributed by atoms with Crippen molar-refractivity contribution in [2.75, 3.05) is 0 Å². The fourth-order valence-electron chi connectivity index (χ4n) is 0.540. The number of hydrogen-bond acceptors (Lipinski definition) is 2. The highest BCUT2D eigenvalue weighted by molar-refractivity contribution is 9.10. The highest BCUT2D eigenvalue weighted by Crippen LogP contribution is 2.14. The highest BCUT2D eigenvalue weighted by atomic mass is 79.9. The van der Waals surface area contributed by atoms with Gasteiger partial charge in [0.2, 0.25) is 0 Å². The number of aliphatic carboxylic acids is 2. The zero-order chi connectivity index (χ0) is 9.72. The van der Waals surface area contributed by atoms with Crippen molar-refractivity contribution >= 4 is 43.8 Å². The van der Waals surface area contributed by atoms with E-state index in [0.29, 0.717) is 0 Å². The first kappa shape index (κ1) is 11.9. The second kappa shape index (κ2) is 5.53. The number of halogens is 2. The Kier molecular flexibility index (Phi) is 5.48. The van der Waals surface area contributed by atoms with Gasteiger partial charge in [0.05, 0.1) is 0 Å². The van der Waals surface area contributed by atoms with Crippen molar-refractivity contribution in [2.24, 2.45) is 0 Å². The lowest BCUT2D eigenvalue weighted by atomic mass is 10.2. The minimum atomic E-state index is -0.972. The first-order chi connectivity index (χ1) is 5.45. The second-order valence-electron chi connectivity index (χ2n) is 2.19. The summed E-state index contributed by atoms with van der Waals surface area (Å²) in [6.45, 7) is 0. The molecule has 0 aliphatic rings. The van der Waals surface area contributed by atoms with Gasteiger partial charge in [-0.3, -0.25) is 9.59 Å². The number of carboxylic acids is 2. The topological polar surface area (TPSA) is 74.6 Å². The smallest absolute Gasteiger partial charge is 0.317 e. The fraction of sp³-hybridized carbons (Fsp3) is 0.667. The molecule has 0 aromatic heterocycles. The molecule has 0 aromatic rings. The van der Waals surface area contributed by atoms with E-state index in [2.05, 4.69) is 31.9 Å². The van der Waals surface area contributed by atoms with Gasteiger partial charge in [-0.1, -0.05) is 31.9 Å². The molecule has 0 saturated carbocycles. The minimum absolute atomic E-state index is 0.289. The van der Waals surface area contributed by atoms with Crippen LogP contribution < -0.4 is 0 Å². The Balaban J connectivity index is 3.68. The molecule has 0 rings (SSSR count). The second-order valence-corrected chi connectivity index (χ2v) is 4.40. The lowest BCUT2D eigenvalue weighted by molar-refractivity contribution is -0.138. The zero-order valence-corrected chi connectivity index (χ0v) is 9.21. The normalized spacial score (nSPS) is 15.2. The summed E-state index contributed by atoms with van der Waals surface area (Å²) in [6, 6.07) is 0. The number of hydrogen-bond donors (Lipinski definition) is 2. The largest absolute Gasteiger partial charge is 0.480 e. The zero-order valence-electron chi connectivity index (χ0n) is 6.04. The van der Waals surface area contributed by atoms with Crippen molar-refractivity contribution in [1.82, 2.24) is 0 Å². The van der Waals surface area contributed by atoms with E-state index >= 15 is 0 Å². The van der Waals surface area contributed by atoms with Gasteiger partial charge >= 0.3 is 11.9 Å². The summed E-state index contributed by atoms with van der Waals surface area (Å²) in [7, 11) is 0. The molecule has 70 valence electrons. The van der Waals surface area contributed by atoms with Crippen LogP contribution in [0.4, 0.5) is 0 Å². The Labute approximate surface area is 86.2 Å². The Morgan fingerprint density at radius 3 is 1.42 bits per heavy atom. The third-order valence-corrected chi connectivity index (χ3v) is 2.91. The van der Waals surface area contributed by atoms with Crippen molar-refractivity contribution in [3.05, 3.63) is 0 Å². The maximum atomic E-state index is 10.3. The van der Waals surface area contributed by atoms with E-state index in [0.717, 1.165) is 0 Å². The van der Waals surface area contributed by atoms with Crippen LogP contribution in [0.3, 0.4) is 0 Å². The quantitative estimate of drug-likeness (QED) is 0.754. The molecular formula is C6H8Br2O4. The molecule has 0 bridgehead atoms. The molecular weight excluding hydrogens is 296 g/mol. The molecule has 0 spiro atoms. The molecule has 0 aromatic carbocycles. The summed E-state index contributed by atoms with van der Waals surface area (Å²) in [4.78, 5) is 19.2. The first-order valence-corrected chi connectivity index (χ1v) is 5.02. The van der Waals surface area contributed by atoms with Crippen LogP contribution in [-0.2, 0) is 9.59 Å². The Hall–Kier alpha value is -0.100. The molecule has 0 saturated heterocycles. The molecule has 0 aliphatic heterocycles. The highest BCUT2D eigenvalue weighted by Gasteiger charge is 2.18. The van der Waals surface area contributed by atoms with Gasteiger partial charge in [-0.15, -0.1) is 0 Å². The van der Waals surface area contributed by atoms with Gasteiger partial charge < -0.3 is 10.2 Å². The molecule has 12 heavy (non-hydrogen) atoms. The van der Waals surface area contributed by atoms with Crippen LogP contribution in [0.1, 0.15) is 12.8 Å². The molecule has 0 radical (unpaired) electrons. The molecule has 0 unspecified atom stereocenters. The molecule has 0 amide bonds. The summed E-state index contributed by atoms with van der Waals surface area (Å²) in [5, 5.41) is 16.8. The average molecular weight is 304 g/mol. The number of rotatable bonds is 5. The average Bonchev–Trinajstić information content (AvgIpc) is 1.98. The Morgan fingerprint density at radius 1 is 1.00 bits per heavy atom. The number of alkyl halides is 2. The molecule has 0 heterocycles. The van der Waals surface area contributed by atoms with Crippen molar-refractivity contribution in [1.29, 1.82) is 0 Å². The minimum Gasteiger partial charge on any atom is -0.480 e. The molecule has 6 heteroatoms. The van der Waals surface area contributed by atoms with Crippen LogP contribution >= 0.6 is 31.9 Å². The van der Waals surface area contributed by atoms with E-state index in [1.54, 1.807) is 0 Å². The van der Waals surface area contributed by atoms with Gasteiger partial charge in [-0.05, 0) is 12.8 Å². The van der Waals surface area contributed by atoms with E-state index < -0.39 is 21.6 Å². The first-order valence-electron chi connectivity index (χ1n) is 3.19. The van der Waals surface area contributed by atoms with Crippen molar-refractivity contribution in [3.8, 4) is 0 Å². The van der Waals surface area contributed by atoms with Crippen molar-refractivity contribution in [3.63, 3.8) is 0 Å². The predicted octanol–water partition coefficient (Wildman–Crippen LogP) is 1.46. The monoisotopic (exact) mass is 302 g/mol. The predicted molar refractivity (Wildman–Crippen MR) is 49.9 cm³/mol. The van der Waals surface area contributed by atoms with Crippen LogP contribution in [0.25, 0.3) is 0 Å². The van der Waals surface area contributed by atoms with Crippen molar-refractivity contribution in [2.45, 2.75) is 22.5 Å². The van der Waals surface area contributed by atoms with Gasteiger partial charge in [0.15, 0.2) is 0 Å². The van der Waals surface area contributed by atoms with Crippen LogP contribution in [0.2, 0.25) is 0 Å². The van der Waals surface area contributed by atoms with Crippen LogP contribution in [0.5, 0.6) is 0 Å². The Bertz CT molecular complexity index is 162. The maximum absolute atomic E-state index is 10.3. The third-order valence-electron chi connectivity index (χ3n) is 1.21. The van der Waals surface area contributed by atoms with Gasteiger partial charge in [0.1, 0.15) is 9.65 Å². The van der Waals surface area contributed by atoms with Crippen LogP contribution in [-0.4, -0.2) is 31.8 Å². The lowest BCUT2D eigenvalue weighted by Crippen LogP contribution is -2.18. The van der Waals surface area contributed by atoms with Crippen molar-refractivity contribution < 1.29 is 19.8 Å². The number of carboxylic acid groups (broad SMARTS) is 2. The van der Waals surface area contributed by atoms with E-state index in [1.807, 2.05) is 0 Å². The van der Waals surface area contributed by atoms with E-state index in [1.165, 1.54) is 0 Å². The molecule has 2 atom stereocenters. The summed E-state index contributed by atoms with van der Waals surface area (Å²) in [5.74, 6) is -1.94. The molecule has 4 nitrogen and oxygen atoms in total. The third kappa shape index (κ3) is 4.71. The maximum Gasteiger partial charge on any atom is 0.317 e. The van der Waals surface area contributed by atoms with Gasteiger partial charge in [-0.2, -0.15) is 0 Å². The summed E-state index contributed by atoms with van der Waals surface area (Å²) in [6.07, 6.45) is 0.578. The van der Waals surface area contributed by atoms with E-state index in [9.17, 15) is 9.59 Å². The van der Waals surface area contributed by atoms with Gasteiger partial charge in [-0.25, -0.2) is 0 Å². The summed E-state index contributed by atoms with van der Waals surface area (Å²) < 4.78 is 0. The standard InChI is InChI=1S/C6H8Br2O4/c7-3(5(9)10)1-2-4(8)6(11)12/h3-4H,1-2H2,(H,9,10)(H,11,12)/t3-,4+. The molecule has 0 fully saturated rings. The van der Waals surface area contributed by atoms with Crippen LogP contribution in [0, 0.1) is 0 Å². The Morgan fingerprint density at radius 2 is 1.25 bits per heavy atom. The van der Waals surface area contributed by atoms with E-state index in [-0.39, 0.29) is 12.8 Å². The lowest BCUT2D eigenvalue weighted by Gasteiger charge is -2.05. The fourth-order valence-corrected chi connectivity index (χ4v) is 1.07. The van der Waals surface area contributed by atoms with Gasteiger partial charge in [0.25, 0.3) is 0 Å². The summed E-state index contributed by atoms with van der Waals surface area (Å²) in [5.41, 5.74) is 0. The van der Waals surface area contributed by atoms with Gasteiger partial charge in [0, 0.05) is 0 Å². The number of carbonyl (C=O) groups is 2. The molecule has 2 N–H and O–H groups in total. The van der Waals surface area contributed by atoms with E-state index in [4.69, 9.17) is 10.2 Å². The SMILES string of the molecule is O=C(O)[C@H](Br)CC[C@H](Br)C(=O)O. The van der Waals surface area contributed by atoms with Crippen LogP contribution in [0.15, 0.2) is 0 Å². The summed E-state index contributed by atoms with van der Waals surface area (Å²) >= 11 is 5.81.